The zero-order valence-corrected chi connectivity index (χ0v) is 10.3. The van der Waals surface area contributed by atoms with Gasteiger partial charge in [0.05, 0.1) is 6.10 Å². The van der Waals surface area contributed by atoms with Gasteiger partial charge in [-0.1, -0.05) is 13.0 Å². The highest BCUT2D eigenvalue weighted by molar-refractivity contribution is 5.44. The molecule has 0 saturated carbocycles. The summed E-state index contributed by atoms with van der Waals surface area (Å²) in [5, 5.41) is 13.3. The first-order chi connectivity index (χ1) is 8.26. The van der Waals surface area contributed by atoms with E-state index in [0.29, 0.717) is 13.2 Å². The van der Waals surface area contributed by atoms with Gasteiger partial charge in [0, 0.05) is 6.04 Å². The molecule has 0 radical (unpaired) electrons. The summed E-state index contributed by atoms with van der Waals surface area (Å²) in [7, 11) is 1.86. The van der Waals surface area contributed by atoms with E-state index in [1.54, 1.807) is 0 Å². The molecule has 94 valence electrons. The number of benzene rings is 1. The van der Waals surface area contributed by atoms with Crippen LogP contribution in [-0.2, 0) is 0 Å². The molecule has 0 spiro atoms. The topological polar surface area (TPSA) is 50.7 Å². The summed E-state index contributed by atoms with van der Waals surface area (Å²) in [4.78, 5) is 0. The Balaban J connectivity index is 2.21. The summed E-state index contributed by atoms with van der Waals surface area (Å²) in [6.45, 7) is 3.20. The van der Waals surface area contributed by atoms with Crippen LogP contribution in [0.15, 0.2) is 18.2 Å². The fourth-order valence-electron chi connectivity index (χ4n) is 2.06. The van der Waals surface area contributed by atoms with Crippen molar-refractivity contribution in [2.24, 2.45) is 0 Å². The van der Waals surface area contributed by atoms with Crippen LogP contribution in [0.3, 0.4) is 0 Å². The summed E-state index contributed by atoms with van der Waals surface area (Å²) in [5.74, 6) is 1.48. The molecule has 0 aromatic heterocycles. The second-order valence-electron chi connectivity index (χ2n) is 4.15. The molecule has 0 fully saturated rings. The Morgan fingerprint density at radius 2 is 2.00 bits per heavy atom. The smallest absolute Gasteiger partial charge is 0.161 e. The lowest BCUT2D eigenvalue weighted by molar-refractivity contribution is 0.128. The number of hydrogen-bond donors (Lipinski definition) is 2. The molecule has 2 N–H and O–H groups in total. The van der Waals surface area contributed by atoms with Crippen molar-refractivity contribution in [2.45, 2.75) is 25.5 Å². The van der Waals surface area contributed by atoms with Crippen LogP contribution in [0, 0.1) is 0 Å². The molecule has 17 heavy (non-hydrogen) atoms. The van der Waals surface area contributed by atoms with Crippen molar-refractivity contribution in [2.75, 3.05) is 20.3 Å². The lowest BCUT2D eigenvalue weighted by Gasteiger charge is -2.24. The van der Waals surface area contributed by atoms with Gasteiger partial charge in [-0.05, 0) is 31.2 Å². The summed E-state index contributed by atoms with van der Waals surface area (Å²) in [6, 6.07) is 5.66. The van der Waals surface area contributed by atoms with E-state index in [-0.39, 0.29) is 6.04 Å². The average molecular weight is 237 g/mol. The van der Waals surface area contributed by atoms with Crippen LogP contribution in [0.2, 0.25) is 0 Å². The van der Waals surface area contributed by atoms with E-state index in [1.807, 2.05) is 32.2 Å². The fourth-order valence-corrected chi connectivity index (χ4v) is 2.06. The Bertz CT molecular complexity index is 377. The zero-order valence-electron chi connectivity index (χ0n) is 10.3. The molecule has 1 aromatic carbocycles. The Labute approximate surface area is 102 Å². The first-order valence-electron chi connectivity index (χ1n) is 6.01. The van der Waals surface area contributed by atoms with Gasteiger partial charge in [0.1, 0.15) is 13.2 Å². The molecule has 1 aliphatic heterocycles. The maximum absolute atomic E-state index is 10.2. The van der Waals surface area contributed by atoms with E-state index in [0.717, 1.165) is 23.5 Å². The van der Waals surface area contributed by atoms with Crippen molar-refractivity contribution in [3.8, 4) is 11.5 Å². The van der Waals surface area contributed by atoms with Gasteiger partial charge in [-0.25, -0.2) is 0 Å². The second-order valence-corrected chi connectivity index (χ2v) is 4.15. The quantitative estimate of drug-likeness (QED) is 0.833. The Morgan fingerprint density at radius 1 is 1.29 bits per heavy atom. The molecule has 2 unspecified atom stereocenters. The maximum atomic E-state index is 10.2. The molecule has 0 aliphatic carbocycles. The van der Waals surface area contributed by atoms with Crippen molar-refractivity contribution in [3.63, 3.8) is 0 Å². The first-order valence-corrected chi connectivity index (χ1v) is 6.01. The van der Waals surface area contributed by atoms with Crippen molar-refractivity contribution in [3.05, 3.63) is 23.8 Å². The number of ether oxygens (including phenoxy) is 2. The third-order valence-electron chi connectivity index (χ3n) is 3.10. The van der Waals surface area contributed by atoms with Gasteiger partial charge >= 0.3 is 0 Å². The lowest BCUT2D eigenvalue weighted by atomic mass is 10.00. The molecular weight excluding hydrogens is 218 g/mol. The first kappa shape index (κ1) is 12.2. The van der Waals surface area contributed by atoms with Crippen molar-refractivity contribution < 1.29 is 14.6 Å². The largest absolute Gasteiger partial charge is 0.486 e. The molecular formula is C13H19NO3. The Hall–Kier alpha value is -1.26. The minimum atomic E-state index is -0.527. The normalized spacial score (nSPS) is 17.6. The van der Waals surface area contributed by atoms with Gasteiger partial charge < -0.3 is 19.9 Å². The van der Waals surface area contributed by atoms with Crippen LogP contribution < -0.4 is 14.8 Å². The standard InChI is InChI=1S/C13H19NO3/c1-3-10(14-2)13(15)9-4-5-11-12(8-9)17-7-6-16-11/h4-5,8,10,13-15H,3,6-7H2,1-2H3. The average Bonchev–Trinajstić information content (AvgIpc) is 2.39. The Morgan fingerprint density at radius 3 is 2.65 bits per heavy atom. The number of aliphatic hydroxyl groups is 1. The van der Waals surface area contributed by atoms with E-state index in [4.69, 9.17) is 9.47 Å². The van der Waals surface area contributed by atoms with Crippen LogP contribution in [0.1, 0.15) is 25.0 Å². The lowest BCUT2D eigenvalue weighted by Crippen LogP contribution is -2.31. The fraction of sp³-hybridized carbons (Fsp3) is 0.538. The van der Waals surface area contributed by atoms with Crippen molar-refractivity contribution >= 4 is 0 Å². The zero-order chi connectivity index (χ0) is 12.3. The molecule has 1 aliphatic rings. The van der Waals surface area contributed by atoms with Crippen LogP contribution in [0.4, 0.5) is 0 Å². The van der Waals surface area contributed by atoms with Gasteiger partial charge in [-0.2, -0.15) is 0 Å². The number of aliphatic hydroxyl groups excluding tert-OH is 1. The molecule has 1 aromatic rings. The minimum Gasteiger partial charge on any atom is -0.486 e. The van der Waals surface area contributed by atoms with E-state index in [1.165, 1.54) is 0 Å². The maximum Gasteiger partial charge on any atom is 0.161 e. The minimum absolute atomic E-state index is 0.0533. The monoisotopic (exact) mass is 237 g/mol. The highest BCUT2D eigenvalue weighted by Crippen LogP contribution is 2.33. The van der Waals surface area contributed by atoms with Gasteiger partial charge in [-0.15, -0.1) is 0 Å². The predicted octanol–water partition coefficient (Wildman–Crippen LogP) is 1.49. The molecule has 0 saturated heterocycles. The molecule has 1 heterocycles. The third-order valence-corrected chi connectivity index (χ3v) is 3.10. The van der Waals surface area contributed by atoms with Crippen molar-refractivity contribution in [1.82, 2.24) is 5.32 Å². The molecule has 0 bridgehead atoms. The SMILES string of the molecule is CCC(NC)C(O)c1ccc2c(c1)OCCO2. The van der Waals surface area contributed by atoms with Gasteiger partial charge in [-0.3, -0.25) is 0 Å². The second kappa shape index (κ2) is 5.38. The molecule has 2 rings (SSSR count). The predicted molar refractivity (Wildman–Crippen MR) is 65.5 cm³/mol. The summed E-state index contributed by atoms with van der Waals surface area (Å²) >= 11 is 0. The molecule has 0 amide bonds. The third kappa shape index (κ3) is 2.53. The van der Waals surface area contributed by atoms with Gasteiger partial charge in [0.25, 0.3) is 0 Å². The van der Waals surface area contributed by atoms with Crippen molar-refractivity contribution in [1.29, 1.82) is 0 Å². The summed E-state index contributed by atoms with van der Waals surface area (Å²) in [6.07, 6.45) is 0.340. The number of likely N-dealkylation sites (N-methyl/N-ethyl adjacent to an activating group) is 1. The van der Waals surface area contributed by atoms with Crippen LogP contribution in [0.25, 0.3) is 0 Å². The van der Waals surface area contributed by atoms with E-state index in [2.05, 4.69) is 5.32 Å². The molecule has 4 heteroatoms. The van der Waals surface area contributed by atoms with Crippen LogP contribution >= 0.6 is 0 Å². The number of nitrogens with one attached hydrogen (secondary N) is 1. The summed E-state index contributed by atoms with van der Waals surface area (Å²) in [5.41, 5.74) is 0.857. The number of hydrogen-bond acceptors (Lipinski definition) is 4. The number of fused-ring (bicyclic) bond motifs is 1. The highest BCUT2D eigenvalue weighted by Gasteiger charge is 2.20. The van der Waals surface area contributed by atoms with Gasteiger partial charge in [0.15, 0.2) is 11.5 Å². The van der Waals surface area contributed by atoms with E-state index in [9.17, 15) is 5.11 Å². The molecule has 2 atom stereocenters. The Kier molecular flexibility index (Phi) is 3.86. The highest BCUT2D eigenvalue weighted by atomic mass is 16.6. The molecule has 4 nitrogen and oxygen atoms in total. The van der Waals surface area contributed by atoms with E-state index < -0.39 is 6.10 Å². The van der Waals surface area contributed by atoms with Crippen LogP contribution in [0.5, 0.6) is 11.5 Å². The number of rotatable bonds is 4. The van der Waals surface area contributed by atoms with Gasteiger partial charge in [0.2, 0.25) is 0 Å². The summed E-state index contributed by atoms with van der Waals surface area (Å²) < 4.78 is 11.0. The van der Waals surface area contributed by atoms with Crippen LogP contribution in [-0.4, -0.2) is 31.4 Å². The van der Waals surface area contributed by atoms with E-state index >= 15 is 0 Å².